The third-order valence-electron chi connectivity index (χ3n) is 4.81. The molecule has 7 nitrogen and oxygen atoms in total. The highest BCUT2D eigenvalue weighted by Crippen LogP contribution is 2.22. The molecular weight excluding hydrogens is 449 g/mol. The van der Waals surface area contributed by atoms with Gasteiger partial charge >= 0.3 is 5.97 Å². The highest BCUT2D eigenvalue weighted by molar-refractivity contribution is 7.92. The number of hydrogen-bond acceptors (Lipinski definition) is 5. The van der Waals surface area contributed by atoms with Crippen molar-refractivity contribution in [2.75, 3.05) is 11.9 Å². The zero-order chi connectivity index (χ0) is 23.8. The lowest BCUT2D eigenvalue weighted by Gasteiger charge is -2.14. The van der Waals surface area contributed by atoms with Gasteiger partial charge in [-0.1, -0.05) is 36.4 Å². The van der Waals surface area contributed by atoms with Gasteiger partial charge in [0.05, 0.1) is 11.5 Å². The second-order valence-corrected chi connectivity index (χ2v) is 9.32. The molecule has 0 aliphatic heterocycles. The normalized spacial score (nSPS) is 12.2. The van der Waals surface area contributed by atoms with Crippen LogP contribution in [-0.4, -0.2) is 37.3 Å². The molecule has 0 radical (unpaired) electrons. The Morgan fingerprint density at radius 3 is 2.30 bits per heavy atom. The lowest BCUT2D eigenvalue weighted by atomic mass is 10.2. The van der Waals surface area contributed by atoms with E-state index in [1.807, 2.05) is 30.3 Å². The number of carboxylic acid groups (broad SMARTS) is 1. The SMILES string of the molecule is O=C(Nc1ccc(S(=O)(=O)C(CCOCc2ccccc2)C(=O)O)cc1)c1cccc(F)c1. The Bertz CT molecular complexity index is 1210. The first-order chi connectivity index (χ1) is 15.8. The van der Waals surface area contributed by atoms with Crippen molar-refractivity contribution in [3.8, 4) is 0 Å². The number of aliphatic carboxylic acids is 1. The van der Waals surface area contributed by atoms with Crippen LogP contribution in [0.4, 0.5) is 10.1 Å². The first-order valence-corrected chi connectivity index (χ1v) is 11.6. The number of anilines is 1. The van der Waals surface area contributed by atoms with Gasteiger partial charge in [0.25, 0.3) is 5.91 Å². The summed E-state index contributed by atoms with van der Waals surface area (Å²) in [5.74, 6) is -2.59. The van der Waals surface area contributed by atoms with E-state index < -0.39 is 32.8 Å². The zero-order valence-electron chi connectivity index (χ0n) is 17.5. The molecule has 0 aliphatic carbocycles. The van der Waals surface area contributed by atoms with Crippen LogP contribution in [0.5, 0.6) is 0 Å². The molecule has 1 amide bonds. The summed E-state index contributed by atoms with van der Waals surface area (Å²) in [6.07, 6.45) is -0.220. The minimum atomic E-state index is -4.19. The highest BCUT2D eigenvalue weighted by Gasteiger charge is 2.33. The van der Waals surface area contributed by atoms with E-state index in [-0.39, 0.29) is 35.8 Å². The fourth-order valence-electron chi connectivity index (χ4n) is 3.09. The van der Waals surface area contributed by atoms with Crippen molar-refractivity contribution in [3.63, 3.8) is 0 Å². The van der Waals surface area contributed by atoms with Crippen molar-refractivity contribution in [2.24, 2.45) is 0 Å². The molecule has 0 spiro atoms. The van der Waals surface area contributed by atoms with E-state index in [0.717, 1.165) is 11.6 Å². The van der Waals surface area contributed by atoms with Crippen LogP contribution in [0.3, 0.4) is 0 Å². The topological polar surface area (TPSA) is 110 Å². The third kappa shape index (κ3) is 6.47. The van der Waals surface area contributed by atoms with E-state index in [4.69, 9.17) is 4.74 Å². The predicted octanol–water partition coefficient (Wildman–Crippen LogP) is 3.91. The molecule has 1 atom stereocenters. The average Bonchev–Trinajstić information content (AvgIpc) is 2.79. The van der Waals surface area contributed by atoms with Gasteiger partial charge in [0.15, 0.2) is 15.1 Å². The molecule has 0 heterocycles. The number of nitrogens with one attached hydrogen (secondary N) is 1. The van der Waals surface area contributed by atoms with Crippen molar-refractivity contribution >= 4 is 27.4 Å². The number of rotatable bonds is 10. The summed E-state index contributed by atoms with van der Waals surface area (Å²) < 4.78 is 44.5. The summed E-state index contributed by atoms with van der Waals surface area (Å²) >= 11 is 0. The maximum absolute atomic E-state index is 13.3. The number of halogens is 1. The smallest absolute Gasteiger partial charge is 0.322 e. The van der Waals surface area contributed by atoms with E-state index in [9.17, 15) is 27.5 Å². The molecule has 0 aliphatic rings. The Balaban J connectivity index is 1.64. The van der Waals surface area contributed by atoms with Crippen molar-refractivity contribution in [1.82, 2.24) is 0 Å². The van der Waals surface area contributed by atoms with Crippen molar-refractivity contribution in [3.05, 3.63) is 95.8 Å². The Morgan fingerprint density at radius 1 is 0.970 bits per heavy atom. The van der Waals surface area contributed by atoms with Crippen LogP contribution >= 0.6 is 0 Å². The van der Waals surface area contributed by atoms with Gasteiger partial charge < -0.3 is 15.2 Å². The van der Waals surface area contributed by atoms with Crippen LogP contribution < -0.4 is 5.32 Å². The van der Waals surface area contributed by atoms with E-state index in [1.54, 1.807) is 0 Å². The van der Waals surface area contributed by atoms with Crippen LogP contribution in [-0.2, 0) is 26.0 Å². The second kappa shape index (κ2) is 10.8. The van der Waals surface area contributed by atoms with Gasteiger partial charge in [0.1, 0.15) is 5.82 Å². The number of sulfone groups is 1. The third-order valence-corrected chi connectivity index (χ3v) is 6.93. The summed E-state index contributed by atoms with van der Waals surface area (Å²) in [7, 11) is -4.19. The molecule has 0 bridgehead atoms. The number of carboxylic acids is 1. The highest BCUT2D eigenvalue weighted by atomic mass is 32.2. The van der Waals surface area contributed by atoms with Crippen LogP contribution in [0.1, 0.15) is 22.3 Å². The lowest BCUT2D eigenvalue weighted by Crippen LogP contribution is -2.31. The number of benzene rings is 3. The maximum atomic E-state index is 13.3. The first kappa shape index (κ1) is 24.1. The fourth-order valence-corrected chi connectivity index (χ4v) is 4.61. The quantitative estimate of drug-likeness (QED) is 0.434. The van der Waals surface area contributed by atoms with E-state index in [1.165, 1.54) is 42.5 Å². The minimum Gasteiger partial charge on any atom is -0.480 e. The zero-order valence-corrected chi connectivity index (χ0v) is 18.3. The van der Waals surface area contributed by atoms with Gasteiger partial charge in [0, 0.05) is 17.9 Å². The molecule has 0 saturated heterocycles. The Hall–Kier alpha value is -3.56. The van der Waals surface area contributed by atoms with Crippen molar-refractivity contribution in [1.29, 1.82) is 0 Å². The van der Waals surface area contributed by atoms with E-state index in [2.05, 4.69) is 5.32 Å². The molecule has 3 aromatic carbocycles. The van der Waals surface area contributed by atoms with Crippen LogP contribution in [0.2, 0.25) is 0 Å². The standard InChI is InChI=1S/C24H22FNO6S/c25-19-8-4-7-18(15-19)23(27)26-20-9-11-21(12-10-20)33(30,31)22(24(28)29)13-14-32-16-17-5-2-1-3-6-17/h1-12,15,22H,13-14,16H2,(H,26,27)(H,28,29). The van der Waals surface area contributed by atoms with Gasteiger partial charge in [0.2, 0.25) is 0 Å². The van der Waals surface area contributed by atoms with Gasteiger partial charge in [-0.3, -0.25) is 9.59 Å². The molecule has 33 heavy (non-hydrogen) atoms. The summed E-state index contributed by atoms with van der Waals surface area (Å²) in [6, 6.07) is 19.5. The van der Waals surface area contributed by atoms with Crippen LogP contribution in [0, 0.1) is 5.82 Å². The number of ether oxygens (including phenoxy) is 1. The minimum absolute atomic E-state index is 0.0487. The number of amides is 1. The molecule has 172 valence electrons. The predicted molar refractivity (Wildman–Crippen MR) is 120 cm³/mol. The number of carbonyl (C=O) groups is 2. The summed E-state index contributed by atoms with van der Waals surface area (Å²) in [6.45, 7) is 0.194. The molecule has 0 aromatic heterocycles. The summed E-state index contributed by atoms with van der Waals surface area (Å²) in [4.78, 5) is 23.7. The largest absolute Gasteiger partial charge is 0.480 e. The van der Waals surface area contributed by atoms with Gasteiger partial charge in [-0.2, -0.15) is 0 Å². The number of hydrogen-bond donors (Lipinski definition) is 2. The molecule has 2 N–H and O–H groups in total. The molecule has 0 fully saturated rings. The molecular formula is C24H22FNO6S. The van der Waals surface area contributed by atoms with E-state index >= 15 is 0 Å². The van der Waals surface area contributed by atoms with Gasteiger partial charge in [-0.05, 0) is 54.4 Å². The first-order valence-electron chi connectivity index (χ1n) is 10.0. The van der Waals surface area contributed by atoms with Gasteiger partial charge in [-0.15, -0.1) is 0 Å². The Kier molecular flexibility index (Phi) is 7.92. The average molecular weight is 472 g/mol. The molecule has 3 rings (SSSR count). The lowest BCUT2D eigenvalue weighted by molar-refractivity contribution is -0.136. The van der Waals surface area contributed by atoms with E-state index in [0.29, 0.717) is 0 Å². The number of carbonyl (C=O) groups excluding carboxylic acids is 1. The summed E-state index contributed by atoms with van der Waals surface area (Å²) in [5.41, 5.74) is 1.28. The Labute approximate surface area is 190 Å². The molecule has 3 aromatic rings. The maximum Gasteiger partial charge on any atom is 0.322 e. The molecule has 1 unspecified atom stereocenters. The van der Waals surface area contributed by atoms with Crippen LogP contribution in [0.25, 0.3) is 0 Å². The van der Waals surface area contributed by atoms with Crippen molar-refractivity contribution < 1.29 is 32.2 Å². The Morgan fingerprint density at radius 2 is 1.67 bits per heavy atom. The fraction of sp³-hybridized carbons (Fsp3) is 0.167. The van der Waals surface area contributed by atoms with Gasteiger partial charge in [-0.25, -0.2) is 12.8 Å². The van der Waals surface area contributed by atoms with Crippen molar-refractivity contribution in [2.45, 2.75) is 23.2 Å². The summed E-state index contributed by atoms with van der Waals surface area (Å²) in [5, 5.41) is 10.3. The molecule has 0 saturated carbocycles. The second-order valence-electron chi connectivity index (χ2n) is 7.19. The molecule has 9 heteroatoms. The van der Waals surface area contributed by atoms with Crippen LogP contribution in [0.15, 0.2) is 83.8 Å². The monoisotopic (exact) mass is 471 g/mol.